The van der Waals surface area contributed by atoms with Gasteiger partial charge in [-0.2, -0.15) is 0 Å². The van der Waals surface area contributed by atoms with Crippen molar-refractivity contribution in [1.29, 1.82) is 0 Å². The number of nitrogens with zero attached hydrogens (tertiary/aromatic N) is 2. The maximum absolute atomic E-state index is 12.7. The maximum atomic E-state index is 12.7. The van der Waals surface area contributed by atoms with Gasteiger partial charge in [0, 0.05) is 17.8 Å². The third kappa shape index (κ3) is 6.07. The van der Waals surface area contributed by atoms with Crippen LogP contribution in [0.2, 0.25) is 0 Å². The monoisotopic (exact) mass is 472 g/mol. The number of anilines is 2. The third-order valence-electron chi connectivity index (χ3n) is 5.68. The summed E-state index contributed by atoms with van der Waals surface area (Å²) in [6, 6.07) is 23.1. The van der Waals surface area contributed by atoms with Crippen molar-refractivity contribution in [3.05, 3.63) is 88.9 Å². The number of carbonyl (C=O) groups is 2. The van der Waals surface area contributed by atoms with Gasteiger partial charge in [-0.05, 0) is 62.9 Å². The van der Waals surface area contributed by atoms with Crippen LogP contribution < -0.4 is 10.6 Å². The minimum Gasteiger partial charge on any atom is -0.325 e. The van der Waals surface area contributed by atoms with Crippen molar-refractivity contribution in [2.24, 2.45) is 0 Å². The van der Waals surface area contributed by atoms with Gasteiger partial charge in [0.1, 0.15) is 0 Å². The van der Waals surface area contributed by atoms with Gasteiger partial charge in [-0.3, -0.25) is 14.5 Å². The second-order valence-electron chi connectivity index (χ2n) is 8.44. The molecule has 3 aromatic carbocycles. The molecule has 0 radical (unpaired) electrons. The number of aromatic nitrogens is 1. The molecule has 174 valence electrons. The van der Waals surface area contributed by atoms with Gasteiger partial charge in [0.2, 0.25) is 11.8 Å². The van der Waals surface area contributed by atoms with Gasteiger partial charge in [-0.1, -0.05) is 42.0 Å². The molecular formula is C27H28N4O2S. The van der Waals surface area contributed by atoms with E-state index in [0.717, 1.165) is 39.4 Å². The fourth-order valence-electron chi connectivity index (χ4n) is 3.52. The van der Waals surface area contributed by atoms with Gasteiger partial charge in [0.05, 0.1) is 27.8 Å². The highest BCUT2D eigenvalue weighted by molar-refractivity contribution is 7.18. The molecule has 7 heteroatoms. The third-order valence-corrected chi connectivity index (χ3v) is 6.72. The fraction of sp³-hybridized carbons (Fsp3) is 0.222. The van der Waals surface area contributed by atoms with Gasteiger partial charge >= 0.3 is 0 Å². The minimum atomic E-state index is -0.466. The van der Waals surface area contributed by atoms with E-state index in [1.807, 2.05) is 73.7 Å². The average Bonchev–Trinajstić information content (AvgIpc) is 3.23. The van der Waals surface area contributed by atoms with E-state index in [1.165, 1.54) is 4.70 Å². The van der Waals surface area contributed by atoms with Gasteiger partial charge in [-0.25, -0.2) is 4.98 Å². The van der Waals surface area contributed by atoms with Crippen molar-refractivity contribution >= 4 is 44.7 Å². The summed E-state index contributed by atoms with van der Waals surface area (Å²) >= 11 is 1.70. The molecule has 0 aliphatic carbocycles. The quantitative estimate of drug-likeness (QED) is 0.374. The molecule has 0 aliphatic heterocycles. The van der Waals surface area contributed by atoms with E-state index in [4.69, 9.17) is 0 Å². The number of aryl methyl sites for hydroxylation is 1. The SMILES string of the molecule is Cc1ccc(NC(=O)CN(C)[C@@H](C)C(=O)Nc2ccc(Cc3nc4ccccc4s3)cc2)cc1. The second-order valence-corrected chi connectivity index (χ2v) is 9.56. The Labute approximate surface area is 203 Å². The number of hydrogen-bond donors (Lipinski definition) is 2. The normalized spacial score (nSPS) is 12.0. The van der Waals surface area contributed by atoms with E-state index in [2.05, 4.69) is 21.7 Å². The summed E-state index contributed by atoms with van der Waals surface area (Å²) in [5.74, 6) is -0.324. The summed E-state index contributed by atoms with van der Waals surface area (Å²) in [6.45, 7) is 3.90. The Morgan fingerprint density at radius 2 is 1.59 bits per heavy atom. The molecule has 2 N–H and O–H groups in total. The van der Waals surface area contributed by atoms with Gasteiger partial charge < -0.3 is 10.6 Å². The first kappa shape index (κ1) is 23.6. The molecule has 0 unspecified atom stereocenters. The number of carbonyl (C=O) groups excluding carboxylic acids is 2. The second kappa shape index (κ2) is 10.6. The zero-order chi connectivity index (χ0) is 24.1. The number of hydrogen-bond acceptors (Lipinski definition) is 5. The lowest BCUT2D eigenvalue weighted by Gasteiger charge is -2.23. The lowest BCUT2D eigenvalue weighted by molar-refractivity contribution is -0.122. The number of rotatable bonds is 8. The number of nitrogens with one attached hydrogen (secondary N) is 2. The summed E-state index contributed by atoms with van der Waals surface area (Å²) in [6.07, 6.45) is 0.753. The van der Waals surface area contributed by atoms with Crippen molar-refractivity contribution in [1.82, 2.24) is 9.88 Å². The zero-order valence-electron chi connectivity index (χ0n) is 19.5. The zero-order valence-corrected chi connectivity index (χ0v) is 20.4. The number of amides is 2. The van der Waals surface area contributed by atoms with E-state index in [1.54, 1.807) is 30.2 Å². The van der Waals surface area contributed by atoms with Crippen LogP contribution in [0.3, 0.4) is 0 Å². The van der Waals surface area contributed by atoms with Crippen molar-refractivity contribution in [3.63, 3.8) is 0 Å². The molecule has 0 aliphatic rings. The molecule has 0 bridgehead atoms. The Bertz CT molecular complexity index is 1250. The van der Waals surface area contributed by atoms with E-state index < -0.39 is 6.04 Å². The van der Waals surface area contributed by atoms with Gasteiger partial charge in [0.25, 0.3) is 0 Å². The Morgan fingerprint density at radius 1 is 0.941 bits per heavy atom. The molecular weight excluding hydrogens is 444 g/mol. The molecule has 2 amide bonds. The van der Waals surface area contributed by atoms with Gasteiger partial charge in [-0.15, -0.1) is 11.3 Å². The summed E-state index contributed by atoms with van der Waals surface area (Å²) < 4.78 is 1.19. The molecule has 0 saturated heterocycles. The van der Waals surface area contributed by atoms with Crippen LogP contribution in [0.15, 0.2) is 72.8 Å². The van der Waals surface area contributed by atoms with Gasteiger partial charge in [0.15, 0.2) is 0 Å². The van der Waals surface area contributed by atoms with Crippen molar-refractivity contribution in [3.8, 4) is 0 Å². The number of benzene rings is 3. The first-order valence-electron chi connectivity index (χ1n) is 11.2. The van der Waals surface area contributed by atoms with E-state index >= 15 is 0 Å². The topological polar surface area (TPSA) is 74.3 Å². The number of likely N-dealkylation sites (N-methyl/N-ethyl adjacent to an activating group) is 1. The lowest BCUT2D eigenvalue weighted by atomic mass is 10.1. The van der Waals surface area contributed by atoms with Crippen LogP contribution in [-0.4, -0.2) is 41.3 Å². The maximum Gasteiger partial charge on any atom is 0.241 e. The molecule has 0 spiro atoms. The van der Waals surface area contributed by atoms with Crippen LogP contribution in [0.25, 0.3) is 10.2 Å². The molecule has 6 nitrogen and oxygen atoms in total. The summed E-state index contributed by atoms with van der Waals surface area (Å²) in [5, 5.41) is 6.87. The Balaban J connectivity index is 1.28. The lowest BCUT2D eigenvalue weighted by Crippen LogP contribution is -2.43. The van der Waals surface area contributed by atoms with Crippen molar-refractivity contribution in [2.75, 3.05) is 24.2 Å². The van der Waals surface area contributed by atoms with Crippen LogP contribution in [0.4, 0.5) is 11.4 Å². The fourth-order valence-corrected chi connectivity index (χ4v) is 4.53. The number of para-hydroxylation sites is 1. The predicted molar refractivity (Wildman–Crippen MR) is 139 cm³/mol. The minimum absolute atomic E-state index is 0.115. The number of fused-ring (bicyclic) bond motifs is 1. The Morgan fingerprint density at radius 3 is 2.29 bits per heavy atom. The predicted octanol–water partition coefficient (Wildman–Crippen LogP) is 5.09. The van der Waals surface area contributed by atoms with E-state index in [-0.39, 0.29) is 18.4 Å². The molecule has 0 fully saturated rings. The van der Waals surface area contributed by atoms with E-state index in [9.17, 15) is 9.59 Å². The molecule has 4 rings (SSSR count). The Hall–Kier alpha value is -3.55. The summed E-state index contributed by atoms with van der Waals surface area (Å²) in [4.78, 5) is 31.5. The first-order chi connectivity index (χ1) is 16.4. The van der Waals surface area contributed by atoms with Crippen LogP contribution in [0.5, 0.6) is 0 Å². The van der Waals surface area contributed by atoms with Crippen LogP contribution in [-0.2, 0) is 16.0 Å². The highest BCUT2D eigenvalue weighted by Gasteiger charge is 2.20. The van der Waals surface area contributed by atoms with Crippen molar-refractivity contribution in [2.45, 2.75) is 26.3 Å². The molecule has 1 atom stereocenters. The van der Waals surface area contributed by atoms with Crippen LogP contribution in [0, 0.1) is 6.92 Å². The summed E-state index contributed by atoms with van der Waals surface area (Å²) in [5.41, 5.74) is 4.76. The molecule has 1 aromatic heterocycles. The van der Waals surface area contributed by atoms with Crippen LogP contribution in [0.1, 0.15) is 23.1 Å². The smallest absolute Gasteiger partial charge is 0.241 e. The molecule has 1 heterocycles. The van der Waals surface area contributed by atoms with E-state index in [0.29, 0.717) is 0 Å². The average molecular weight is 473 g/mol. The summed E-state index contributed by atoms with van der Waals surface area (Å²) in [7, 11) is 1.76. The van der Waals surface area contributed by atoms with Crippen LogP contribution >= 0.6 is 11.3 Å². The molecule has 0 saturated carbocycles. The number of thiazole rings is 1. The Kier molecular flexibility index (Phi) is 7.35. The first-order valence-corrected chi connectivity index (χ1v) is 12.0. The molecule has 4 aromatic rings. The highest BCUT2D eigenvalue weighted by Crippen LogP contribution is 2.24. The molecule has 34 heavy (non-hydrogen) atoms. The largest absolute Gasteiger partial charge is 0.325 e. The standard InChI is InChI=1S/C27H28N4O2S/c1-18-8-12-21(13-9-18)28-25(32)17-31(3)19(2)27(33)29-22-14-10-20(11-15-22)16-26-30-23-6-4-5-7-24(23)34-26/h4-15,19H,16-17H2,1-3H3,(H,28,32)(H,29,33)/t19-/m0/s1. The van der Waals surface area contributed by atoms with Crippen molar-refractivity contribution < 1.29 is 9.59 Å². The highest BCUT2D eigenvalue weighted by atomic mass is 32.1.